The van der Waals surface area contributed by atoms with E-state index in [0.29, 0.717) is 26.1 Å². The summed E-state index contributed by atoms with van der Waals surface area (Å²) in [5.41, 5.74) is 0. The number of nitrogens with zero attached hydrogens (tertiary/aromatic N) is 2. The fraction of sp³-hybridized carbons (Fsp3) is 0.846. The summed E-state index contributed by atoms with van der Waals surface area (Å²) in [6.07, 6.45) is 1.28. The second kappa shape index (κ2) is 7.36. The molecule has 1 aliphatic heterocycles. The first kappa shape index (κ1) is 15.0. The summed E-state index contributed by atoms with van der Waals surface area (Å²) in [6, 6.07) is 0. The highest BCUT2D eigenvalue weighted by atomic mass is 16.5. The molecule has 0 aliphatic carbocycles. The third-order valence-electron chi connectivity index (χ3n) is 3.17. The van der Waals surface area contributed by atoms with E-state index >= 15 is 0 Å². The molecular weight excluding hydrogens is 232 g/mol. The highest BCUT2D eigenvalue weighted by Crippen LogP contribution is 2.08. The molecule has 0 unspecified atom stereocenters. The van der Waals surface area contributed by atoms with E-state index in [2.05, 4.69) is 0 Å². The molecule has 1 aliphatic rings. The number of ether oxygens (including phenoxy) is 1. The number of carbonyl (C=O) groups is 2. The van der Waals surface area contributed by atoms with E-state index in [0.717, 1.165) is 19.5 Å². The molecule has 0 bridgehead atoms. The van der Waals surface area contributed by atoms with Crippen molar-refractivity contribution in [3.05, 3.63) is 0 Å². The molecule has 18 heavy (non-hydrogen) atoms. The molecule has 0 spiro atoms. The largest absolute Gasteiger partial charge is 0.384 e. The van der Waals surface area contributed by atoms with Gasteiger partial charge in [0, 0.05) is 39.2 Å². The lowest BCUT2D eigenvalue weighted by Crippen LogP contribution is -2.39. The molecule has 0 atom stereocenters. The van der Waals surface area contributed by atoms with E-state index in [1.807, 2.05) is 23.6 Å². The fourth-order valence-electron chi connectivity index (χ4n) is 2.10. The third kappa shape index (κ3) is 4.29. The Morgan fingerprint density at radius 3 is 2.33 bits per heavy atom. The number of rotatable bonds is 4. The van der Waals surface area contributed by atoms with Gasteiger partial charge in [-0.25, -0.2) is 0 Å². The minimum Gasteiger partial charge on any atom is -0.384 e. The number of methoxy groups -OCH3 is 1. The quantitative estimate of drug-likeness (QED) is 0.745. The predicted molar refractivity (Wildman–Crippen MR) is 69.1 cm³/mol. The van der Waals surface area contributed by atoms with Crippen LogP contribution in [0, 0.1) is 5.92 Å². The monoisotopic (exact) mass is 256 g/mol. The van der Waals surface area contributed by atoms with Crippen molar-refractivity contribution in [1.82, 2.24) is 9.80 Å². The molecule has 0 aromatic rings. The van der Waals surface area contributed by atoms with Gasteiger partial charge >= 0.3 is 0 Å². The Balaban J connectivity index is 2.45. The van der Waals surface area contributed by atoms with Crippen molar-refractivity contribution >= 4 is 11.8 Å². The van der Waals surface area contributed by atoms with Crippen LogP contribution >= 0.6 is 0 Å². The van der Waals surface area contributed by atoms with E-state index < -0.39 is 0 Å². The Morgan fingerprint density at radius 2 is 1.72 bits per heavy atom. The molecule has 0 N–H and O–H groups in total. The molecule has 1 rings (SSSR count). The first-order chi connectivity index (χ1) is 8.56. The summed E-state index contributed by atoms with van der Waals surface area (Å²) in [7, 11) is 1.60. The van der Waals surface area contributed by atoms with Crippen LogP contribution in [-0.2, 0) is 14.3 Å². The summed E-state index contributed by atoms with van der Waals surface area (Å²) in [6.45, 7) is 7.07. The third-order valence-corrected chi connectivity index (χ3v) is 3.17. The average molecular weight is 256 g/mol. The lowest BCUT2D eigenvalue weighted by molar-refractivity contribution is -0.135. The molecule has 2 amide bonds. The van der Waals surface area contributed by atoms with E-state index in [4.69, 9.17) is 4.74 Å². The zero-order chi connectivity index (χ0) is 13.5. The maximum atomic E-state index is 11.9. The molecule has 5 nitrogen and oxygen atoms in total. The Hall–Kier alpha value is -1.10. The maximum Gasteiger partial charge on any atom is 0.225 e. The summed E-state index contributed by atoms with van der Waals surface area (Å²) in [4.78, 5) is 27.5. The minimum atomic E-state index is 0.0285. The van der Waals surface area contributed by atoms with Crippen molar-refractivity contribution < 1.29 is 14.3 Å². The number of carbonyl (C=O) groups excluding carboxylic acids is 2. The smallest absolute Gasteiger partial charge is 0.225 e. The van der Waals surface area contributed by atoms with Gasteiger partial charge in [-0.3, -0.25) is 9.59 Å². The van der Waals surface area contributed by atoms with Gasteiger partial charge in [-0.2, -0.15) is 0 Å². The van der Waals surface area contributed by atoms with Gasteiger partial charge in [-0.1, -0.05) is 13.8 Å². The van der Waals surface area contributed by atoms with Gasteiger partial charge in [0.25, 0.3) is 0 Å². The van der Waals surface area contributed by atoms with Crippen LogP contribution in [-0.4, -0.2) is 61.5 Å². The SMILES string of the molecule is COCCC(=O)N1CCCN(C(=O)C(C)C)CC1. The van der Waals surface area contributed by atoms with Gasteiger partial charge < -0.3 is 14.5 Å². The number of amides is 2. The van der Waals surface area contributed by atoms with Crippen molar-refractivity contribution in [2.45, 2.75) is 26.7 Å². The first-order valence-corrected chi connectivity index (χ1v) is 6.61. The predicted octanol–water partition coefficient (Wildman–Crippen LogP) is 0.740. The standard InChI is InChI=1S/C13H24N2O3/c1-11(2)13(17)15-7-4-6-14(8-9-15)12(16)5-10-18-3/h11H,4-10H2,1-3H3. The van der Waals surface area contributed by atoms with E-state index in [1.54, 1.807) is 7.11 Å². The number of hydrogen-bond acceptors (Lipinski definition) is 3. The lowest BCUT2D eigenvalue weighted by Gasteiger charge is -2.23. The summed E-state index contributed by atoms with van der Waals surface area (Å²) in [5, 5.41) is 0. The molecule has 0 radical (unpaired) electrons. The second-order valence-corrected chi connectivity index (χ2v) is 4.96. The molecular formula is C13H24N2O3. The summed E-state index contributed by atoms with van der Waals surface area (Å²) in [5.74, 6) is 0.331. The van der Waals surface area contributed by atoms with Crippen LogP contribution < -0.4 is 0 Å². The molecule has 5 heteroatoms. The minimum absolute atomic E-state index is 0.0285. The van der Waals surface area contributed by atoms with E-state index in [1.165, 1.54) is 0 Å². The highest BCUT2D eigenvalue weighted by molar-refractivity contribution is 5.79. The molecule has 0 aromatic heterocycles. The van der Waals surface area contributed by atoms with Crippen molar-refractivity contribution in [2.75, 3.05) is 39.9 Å². The molecule has 1 fully saturated rings. The van der Waals surface area contributed by atoms with Crippen LogP contribution in [0.25, 0.3) is 0 Å². The van der Waals surface area contributed by atoms with Crippen molar-refractivity contribution in [3.63, 3.8) is 0 Å². The normalized spacial score (nSPS) is 16.9. The van der Waals surface area contributed by atoms with Gasteiger partial charge in [-0.15, -0.1) is 0 Å². The Labute approximate surface area is 109 Å². The molecule has 0 saturated carbocycles. The zero-order valence-corrected chi connectivity index (χ0v) is 11.6. The Morgan fingerprint density at radius 1 is 1.11 bits per heavy atom. The van der Waals surface area contributed by atoms with Crippen LogP contribution in [0.1, 0.15) is 26.7 Å². The zero-order valence-electron chi connectivity index (χ0n) is 11.6. The maximum absolute atomic E-state index is 11.9. The van der Waals surface area contributed by atoms with Crippen molar-refractivity contribution in [2.24, 2.45) is 5.92 Å². The Kier molecular flexibility index (Phi) is 6.12. The highest BCUT2D eigenvalue weighted by Gasteiger charge is 2.22. The Bertz CT molecular complexity index is 292. The van der Waals surface area contributed by atoms with Gasteiger partial charge in [0.15, 0.2) is 0 Å². The van der Waals surface area contributed by atoms with Gasteiger partial charge in [0.05, 0.1) is 13.0 Å². The fourth-order valence-corrected chi connectivity index (χ4v) is 2.10. The van der Waals surface area contributed by atoms with Crippen LogP contribution in [0.5, 0.6) is 0 Å². The van der Waals surface area contributed by atoms with E-state index in [-0.39, 0.29) is 17.7 Å². The first-order valence-electron chi connectivity index (χ1n) is 6.61. The van der Waals surface area contributed by atoms with Gasteiger partial charge in [0.1, 0.15) is 0 Å². The van der Waals surface area contributed by atoms with Crippen LogP contribution in [0.2, 0.25) is 0 Å². The second-order valence-electron chi connectivity index (χ2n) is 4.96. The summed E-state index contributed by atoms with van der Waals surface area (Å²) >= 11 is 0. The van der Waals surface area contributed by atoms with Crippen molar-refractivity contribution in [1.29, 1.82) is 0 Å². The van der Waals surface area contributed by atoms with Gasteiger partial charge in [0.2, 0.25) is 11.8 Å². The average Bonchev–Trinajstić information content (AvgIpc) is 2.60. The molecule has 1 heterocycles. The lowest BCUT2D eigenvalue weighted by atomic mass is 10.2. The van der Waals surface area contributed by atoms with Crippen LogP contribution in [0.15, 0.2) is 0 Å². The molecule has 104 valence electrons. The number of hydrogen-bond donors (Lipinski definition) is 0. The van der Waals surface area contributed by atoms with E-state index in [9.17, 15) is 9.59 Å². The van der Waals surface area contributed by atoms with Crippen molar-refractivity contribution in [3.8, 4) is 0 Å². The van der Waals surface area contributed by atoms with Crippen LogP contribution in [0.4, 0.5) is 0 Å². The van der Waals surface area contributed by atoms with Gasteiger partial charge in [-0.05, 0) is 6.42 Å². The molecule has 0 aromatic carbocycles. The van der Waals surface area contributed by atoms with Crippen LogP contribution in [0.3, 0.4) is 0 Å². The summed E-state index contributed by atoms with van der Waals surface area (Å²) < 4.78 is 4.91. The molecule has 1 saturated heterocycles. The topological polar surface area (TPSA) is 49.9 Å².